The number of nitrogens with zero attached hydrogens (tertiary/aromatic N) is 4. The molecule has 0 saturated carbocycles. The molecule has 1 aromatic carbocycles. The van der Waals surface area contributed by atoms with Crippen molar-refractivity contribution >= 4 is 28.5 Å². The lowest BCUT2D eigenvalue weighted by Crippen LogP contribution is -2.33. The summed E-state index contributed by atoms with van der Waals surface area (Å²) in [5, 5.41) is 12.1. The van der Waals surface area contributed by atoms with Crippen molar-refractivity contribution in [1.29, 1.82) is 0 Å². The second-order valence-corrected chi connectivity index (χ2v) is 6.49. The standard InChI is InChI=1S/C17H16N8OS/c18-22-15(23-19)9-27-17-21-16(24-25-17)14-6-5-13(26-14)11-3-4-12-10(8-11)2-1-7-20-12/h1-8H,9,18-19H2,(H,22,23)(H,21,24,25). The van der Waals surface area contributed by atoms with Gasteiger partial charge in [0.2, 0.25) is 5.16 Å². The van der Waals surface area contributed by atoms with E-state index >= 15 is 0 Å². The summed E-state index contributed by atoms with van der Waals surface area (Å²) in [6.07, 6.45) is 1.78. The number of rotatable bonds is 5. The van der Waals surface area contributed by atoms with Gasteiger partial charge < -0.3 is 15.7 Å². The fraction of sp³-hybridized carbons (Fsp3) is 0.0588. The van der Waals surface area contributed by atoms with Crippen LogP contribution in [0.2, 0.25) is 0 Å². The van der Waals surface area contributed by atoms with E-state index in [1.165, 1.54) is 11.8 Å². The fourth-order valence-electron chi connectivity index (χ4n) is 2.52. The van der Waals surface area contributed by atoms with Crippen LogP contribution in [0.4, 0.5) is 0 Å². The highest BCUT2D eigenvalue weighted by Crippen LogP contribution is 2.29. The number of H-pyrrole nitrogens is 1. The van der Waals surface area contributed by atoms with E-state index < -0.39 is 0 Å². The number of aromatic amines is 1. The number of fused-ring (bicyclic) bond motifs is 1. The third-order valence-corrected chi connectivity index (χ3v) is 4.71. The molecule has 0 spiro atoms. The van der Waals surface area contributed by atoms with Crippen LogP contribution in [0.3, 0.4) is 0 Å². The van der Waals surface area contributed by atoms with Crippen molar-refractivity contribution in [3.05, 3.63) is 48.7 Å². The predicted molar refractivity (Wildman–Crippen MR) is 104 cm³/mol. The first-order chi connectivity index (χ1) is 13.3. The predicted octanol–water partition coefficient (Wildman–Crippen LogP) is 2.11. The van der Waals surface area contributed by atoms with Gasteiger partial charge in [-0.25, -0.2) is 5.84 Å². The largest absolute Gasteiger partial charge is 0.453 e. The first-order valence-corrected chi connectivity index (χ1v) is 8.99. The summed E-state index contributed by atoms with van der Waals surface area (Å²) in [4.78, 5) is 8.74. The third kappa shape index (κ3) is 3.61. The molecule has 4 aromatic rings. The van der Waals surface area contributed by atoms with E-state index in [4.69, 9.17) is 16.1 Å². The van der Waals surface area contributed by atoms with E-state index in [-0.39, 0.29) is 0 Å². The Morgan fingerprint density at radius 2 is 2.11 bits per heavy atom. The summed E-state index contributed by atoms with van der Waals surface area (Å²) in [6, 6.07) is 13.7. The van der Waals surface area contributed by atoms with Crippen LogP contribution in [0.15, 0.2) is 63.3 Å². The highest BCUT2D eigenvalue weighted by molar-refractivity contribution is 7.99. The van der Waals surface area contributed by atoms with E-state index in [9.17, 15) is 0 Å². The van der Waals surface area contributed by atoms with Crippen LogP contribution in [0.1, 0.15) is 0 Å². The van der Waals surface area contributed by atoms with Gasteiger partial charge in [-0.1, -0.05) is 17.8 Å². The highest BCUT2D eigenvalue weighted by Gasteiger charge is 2.12. The Bertz CT molecular complexity index is 1100. The van der Waals surface area contributed by atoms with Crippen molar-refractivity contribution in [1.82, 2.24) is 25.6 Å². The van der Waals surface area contributed by atoms with Crippen LogP contribution in [-0.2, 0) is 0 Å². The maximum atomic E-state index is 5.95. The smallest absolute Gasteiger partial charge is 0.209 e. The van der Waals surface area contributed by atoms with Crippen molar-refractivity contribution < 1.29 is 4.42 Å². The molecule has 3 aromatic heterocycles. The van der Waals surface area contributed by atoms with E-state index in [1.54, 1.807) is 6.20 Å². The Morgan fingerprint density at radius 1 is 1.22 bits per heavy atom. The SMILES string of the molecule is N/N=C(/CSc1n[nH]c(-c2ccc(-c3ccc4ncccc4c3)o2)n1)NN. The number of hydrogen-bond acceptors (Lipinski definition) is 8. The van der Waals surface area contributed by atoms with Crippen molar-refractivity contribution in [2.45, 2.75) is 5.16 Å². The Hall–Kier alpha value is -3.37. The van der Waals surface area contributed by atoms with Gasteiger partial charge in [-0.05, 0) is 36.4 Å². The number of pyridine rings is 1. The minimum Gasteiger partial charge on any atom is -0.453 e. The van der Waals surface area contributed by atoms with E-state index in [1.807, 2.05) is 42.5 Å². The maximum absolute atomic E-state index is 5.95. The number of aromatic nitrogens is 4. The molecule has 0 aliphatic heterocycles. The van der Waals surface area contributed by atoms with E-state index in [0.29, 0.717) is 28.3 Å². The Labute approximate surface area is 158 Å². The normalized spacial score (nSPS) is 11.8. The molecule has 9 nitrogen and oxygen atoms in total. The molecule has 10 heteroatoms. The third-order valence-electron chi connectivity index (χ3n) is 3.85. The molecule has 0 bridgehead atoms. The van der Waals surface area contributed by atoms with Gasteiger partial charge in [0.15, 0.2) is 11.6 Å². The summed E-state index contributed by atoms with van der Waals surface area (Å²) in [6.45, 7) is 0. The molecule has 0 amide bonds. The van der Waals surface area contributed by atoms with E-state index in [0.717, 1.165) is 22.2 Å². The number of hydrazine groups is 1. The molecular weight excluding hydrogens is 364 g/mol. The summed E-state index contributed by atoms with van der Waals surface area (Å²) >= 11 is 1.34. The average Bonchev–Trinajstić information content (AvgIpc) is 3.38. The summed E-state index contributed by atoms with van der Waals surface area (Å²) in [7, 11) is 0. The quantitative estimate of drug-likeness (QED) is 0.135. The Balaban J connectivity index is 1.54. The van der Waals surface area contributed by atoms with Crippen molar-refractivity contribution in [2.75, 3.05) is 5.75 Å². The van der Waals surface area contributed by atoms with Crippen LogP contribution in [0.5, 0.6) is 0 Å². The highest BCUT2D eigenvalue weighted by atomic mass is 32.2. The van der Waals surface area contributed by atoms with Crippen LogP contribution < -0.4 is 17.1 Å². The van der Waals surface area contributed by atoms with Crippen LogP contribution in [0.25, 0.3) is 33.8 Å². The molecule has 0 radical (unpaired) electrons. The van der Waals surface area contributed by atoms with Crippen LogP contribution in [0, 0.1) is 0 Å². The van der Waals surface area contributed by atoms with Gasteiger partial charge in [-0.3, -0.25) is 10.1 Å². The zero-order chi connectivity index (χ0) is 18.6. The molecule has 27 heavy (non-hydrogen) atoms. The van der Waals surface area contributed by atoms with Crippen LogP contribution >= 0.6 is 11.8 Å². The first-order valence-electron chi connectivity index (χ1n) is 8.01. The van der Waals surface area contributed by atoms with Gasteiger partial charge in [0.05, 0.1) is 11.3 Å². The van der Waals surface area contributed by atoms with Gasteiger partial charge in [0.1, 0.15) is 11.6 Å². The average molecular weight is 380 g/mol. The summed E-state index contributed by atoms with van der Waals surface area (Å²) in [5.74, 6) is 13.2. The molecule has 3 heterocycles. The summed E-state index contributed by atoms with van der Waals surface area (Å²) < 4.78 is 5.95. The zero-order valence-corrected chi connectivity index (χ0v) is 14.9. The number of amidine groups is 1. The van der Waals surface area contributed by atoms with Crippen molar-refractivity contribution in [2.24, 2.45) is 16.8 Å². The molecule has 0 atom stereocenters. The Kier molecular flexibility index (Phi) is 4.73. The molecular formula is C17H16N8OS. The second kappa shape index (κ2) is 7.48. The number of nitrogens with two attached hydrogens (primary N) is 2. The van der Waals surface area contributed by atoms with Crippen molar-refractivity contribution in [3.8, 4) is 22.9 Å². The molecule has 0 saturated heterocycles. The minimum absolute atomic E-state index is 0.429. The molecule has 4 rings (SSSR count). The van der Waals surface area contributed by atoms with E-state index in [2.05, 4.69) is 30.7 Å². The number of thioether (sulfide) groups is 1. The summed E-state index contributed by atoms with van der Waals surface area (Å²) in [5.41, 5.74) is 4.32. The molecule has 136 valence electrons. The lowest BCUT2D eigenvalue weighted by atomic mass is 10.1. The van der Waals surface area contributed by atoms with Crippen molar-refractivity contribution in [3.63, 3.8) is 0 Å². The lowest BCUT2D eigenvalue weighted by molar-refractivity contribution is 0.592. The Morgan fingerprint density at radius 3 is 2.96 bits per heavy atom. The molecule has 6 N–H and O–H groups in total. The molecule has 0 aliphatic rings. The second-order valence-electron chi connectivity index (χ2n) is 5.55. The number of hydrazone groups is 1. The van der Waals surface area contributed by atoms with Gasteiger partial charge in [0, 0.05) is 17.1 Å². The number of furan rings is 1. The minimum atomic E-state index is 0.429. The topological polar surface area (TPSA) is 144 Å². The van der Waals surface area contributed by atoms with Gasteiger partial charge in [-0.2, -0.15) is 10.1 Å². The molecule has 0 aliphatic carbocycles. The van der Waals surface area contributed by atoms with Gasteiger partial charge in [0.25, 0.3) is 0 Å². The number of nitrogens with one attached hydrogen (secondary N) is 2. The lowest BCUT2D eigenvalue weighted by Gasteiger charge is -2.00. The molecule has 0 fully saturated rings. The van der Waals surface area contributed by atoms with Gasteiger partial charge >= 0.3 is 0 Å². The first kappa shape index (κ1) is 17.1. The van der Waals surface area contributed by atoms with Crippen LogP contribution in [-0.4, -0.2) is 31.8 Å². The monoisotopic (exact) mass is 380 g/mol. The molecule has 0 unspecified atom stereocenters. The fourth-order valence-corrected chi connectivity index (χ4v) is 3.21. The number of benzene rings is 1. The van der Waals surface area contributed by atoms with Gasteiger partial charge in [-0.15, -0.1) is 5.10 Å². The number of hydrogen-bond donors (Lipinski definition) is 4. The maximum Gasteiger partial charge on any atom is 0.209 e. The zero-order valence-electron chi connectivity index (χ0n) is 14.1.